The number of carbonyl (C=O) groups is 1. The molecule has 1 saturated heterocycles. The molecule has 3 rings (SSSR count). The second-order valence-corrected chi connectivity index (χ2v) is 8.38. The summed E-state index contributed by atoms with van der Waals surface area (Å²) in [6.45, 7) is 4.22. The van der Waals surface area contributed by atoms with Crippen LogP contribution in [0.2, 0.25) is 0 Å². The van der Waals surface area contributed by atoms with Crippen molar-refractivity contribution in [2.45, 2.75) is 61.4 Å². The third kappa shape index (κ3) is 4.82. The molecular weight excluding hydrogens is 379 g/mol. The van der Waals surface area contributed by atoms with Crippen molar-refractivity contribution in [2.75, 3.05) is 13.1 Å². The van der Waals surface area contributed by atoms with Crippen LogP contribution in [-0.4, -0.2) is 46.2 Å². The van der Waals surface area contributed by atoms with Gasteiger partial charge in [0, 0.05) is 0 Å². The summed E-state index contributed by atoms with van der Waals surface area (Å²) >= 11 is 13.2. The predicted molar refractivity (Wildman–Crippen MR) is 107 cm³/mol. The number of amides is 1. The molecule has 0 spiro atoms. The first kappa shape index (κ1) is 20.8. The van der Waals surface area contributed by atoms with E-state index in [1.54, 1.807) is 0 Å². The van der Waals surface area contributed by atoms with Crippen LogP contribution < -0.4 is 5.32 Å². The Labute approximate surface area is 166 Å². The number of rotatable bonds is 4. The molecule has 6 heteroatoms. The standard InChI is InChI=1S/C19H26Cl2N2O.ClH/c1-19(22-16(24)13-14-7-3-2-4-8-14)10-9-15(20)17(21)18(19)23-11-5-6-12-23;/h2-4,7-8,15,17-18H,5-6,9-13H2,1H3,(H,22,24);1H. The van der Waals surface area contributed by atoms with Gasteiger partial charge in [-0.15, -0.1) is 35.6 Å². The number of carbonyl (C=O) groups excluding carboxylic acids is 1. The van der Waals surface area contributed by atoms with Gasteiger partial charge in [0.15, 0.2) is 0 Å². The van der Waals surface area contributed by atoms with Crippen molar-refractivity contribution in [3.63, 3.8) is 0 Å². The Balaban J connectivity index is 0.00000225. The van der Waals surface area contributed by atoms with E-state index in [4.69, 9.17) is 23.2 Å². The van der Waals surface area contributed by atoms with Crippen LogP contribution in [0.1, 0.15) is 38.2 Å². The smallest absolute Gasteiger partial charge is 0.224 e. The Bertz CT molecular complexity index is 563. The molecule has 1 aliphatic carbocycles. The lowest BCUT2D eigenvalue weighted by Crippen LogP contribution is -2.67. The molecule has 2 aliphatic rings. The zero-order valence-electron chi connectivity index (χ0n) is 14.6. The minimum Gasteiger partial charge on any atom is -0.349 e. The van der Waals surface area contributed by atoms with Crippen LogP contribution in [0.4, 0.5) is 0 Å². The van der Waals surface area contributed by atoms with Crippen LogP contribution in [-0.2, 0) is 11.2 Å². The SMILES string of the molecule is CC1(NC(=O)Cc2ccccc2)CCC(Cl)C(Cl)C1N1CCCC1.Cl. The summed E-state index contributed by atoms with van der Waals surface area (Å²) in [6.07, 6.45) is 4.50. The lowest BCUT2D eigenvalue weighted by Gasteiger charge is -2.50. The van der Waals surface area contributed by atoms with Crippen molar-refractivity contribution in [1.82, 2.24) is 10.2 Å². The molecule has 0 aromatic heterocycles. The summed E-state index contributed by atoms with van der Waals surface area (Å²) < 4.78 is 0. The fraction of sp³-hybridized carbons (Fsp3) is 0.632. The zero-order valence-corrected chi connectivity index (χ0v) is 16.9. The van der Waals surface area contributed by atoms with Crippen LogP contribution in [0.5, 0.6) is 0 Å². The zero-order chi connectivity index (χ0) is 17.2. The molecule has 0 radical (unpaired) electrons. The van der Waals surface area contributed by atoms with Crippen molar-refractivity contribution in [3.8, 4) is 0 Å². The van der Waals surface area contributed by atoms with E-state index in [1.165, 1.54) is 12.8 Å². The summed E-state index contributed by atoms with van der Waals surface area (Å²) in [6, 6.07) is 9.96. The maximum Gasteiger partial charge on any atom is 0.224 e. The summed E-state index contributed by atoms with van der Waals surface area (Å²) in [7, 11) is 0. The Kier molecular flexibility index (Phi) is 7.45. The molecule has 1 heterocycles. The molecule has 140 valence electrons. The minimum absolute atomic E-state index is 0. The van der Waals surface area contributed by atoms with Crippen molar-refractivity contribution in [3.05, 3.63) is 35.9 Å². The normalized spacial score (nSPS) is 32.8. The fourth-order valence-corrected chi connectivity index (χ4v) is 5.01. The fourth-order valence-electron chi connectivity index (χ4n) is 4.20. The van der Waals surface area contributed by atoms with Crippen LogP contribution in [0.25, 0.3) is 0 Å². The Hall–Kier alpha value is -0.480. The lowest BCUT2D eigenvalue weighted by molar-refractivity contribution is -0.123. The average Bonchev–Trinajstić information content (AvgIpc) is 3.06. The Morgan fingerprint density at radius 3 is 2.52 bits per heavy atom. The van der Waals surface area contributed by atoms with Crippen LogP contribution in [0, 0.1) is 0 Å². The maximum atomic E-state index is 12.6. The van der Waals surface area contributed by atoms with Crippen molar-refractivity contribution < 1.29 is 4.79 Å². The van der Waals surface area contributed by atoms with Gasteiger partial charge >= 0.3 is 0 Å². The highest BCUT2D eigenvalue weighted by Crippen LogP contribution is 2.39. The first-order chi connectivity index (χ1) is 11.5. The quantitative estimate of drug-likeness (QED) is 0.768. The molecular formula is C19H27Cl3N2O. The molecule has 4 unspecified atom stereocenters. The third-order valence-electron chi connectivity index (χ3n) is 5.41. The molecule has 2 fully saturated rings. The van der Waals surface area contributed by atoms with Gasteiger partial charge in [0.2, 0.25) is 5.91 Å². The summed E-state index contributed by atoms with van der Waals surface area (Å²) in [4.78, 5) is 15.1. The average molecular weight is 406 g/mol. The predicted octanol–water partition coefficient (Wildman–Crippen LogP) is 4.00. The van der Waals surface area contributed by atoms with Gasteiger partial charge in [-0.1, -0.05) is 30.3 Å². The molecule has 3 nitrogen and oxygen atoms in total. The highest BCUT2D eigenvalue weighted by molar-refractivity contribution is 6.30. The second-order valence-electron chi connectivity index (χ2n) is 7.32. The lowest BCUT2D eigenvalue weighted by atomic mass is 9.77. The largest absolute Gasteiger partial charge is 0.349 e. The number of hydrogen-bond donors (Lipinski definition) is 1. The number of benzene rings is 1. The van der Waals surface area contributed by atoms with Crippen molar-refractivity contribution >= 4 is 41.5 Å². The molecule has 1 N–H and O–H groups in total. The molecule has 1 aromatic rings. The Morgan fingerprint density at radius 2 is 1.88 bits per heavy atom. The summed E-state index contributed by atoms with van der Waals surface area (Å²) in [5, 5.41) is 3.13. The Morgan fingerprint density at radius 1 is 1.24 bits per heavy atom. The van der Waals surface area contributed by atoms with E-state index in [9.17, 15) is 4.79 Å². The second kappa shape index (κ2) is 8.94. The van der Waals surface area contributed by atoms with Gasteiger partial charge < -0.3 is 5.32 Å². The van der Waals surface area contributed by atoms with Gasteiger partial charge in [0.05, 0.1) is 28.8 Å². The van der Waals surface area contributed by atoms with Gasteiger partial charge in [-0.3, -0.25) is 9.69 Å². The van der Waals surface area contributed by atoms with Crippen LogP contribution in [0.3, 0.4) is 0 Å². The van der Waals surface area contributed by atoms with E-state index < -0.39 is 0 Å². The molecule has 4 atom stereocenters. The number of halogens is 3. The van der Waals surface area contributed by atoms with Gasteiger partial charge in [0.1, 0.15) is 0 Å². The van der Waals surface area contributed by atoms with Crippen molar-refractivity contribution in [2.24, 2.45) is 0 Å². The molecule has 0 bridgehead atoms. The van der Waals surface area contributed by atoms with E-state index >= 15 is 0 Å². The summed E-state index contributed by atoms with van der Waals surface area (Å²) in [5.74, 6) is 0.0600. The van der Waals surface area contributed by atoms with Gasteiger partial charge in [-0.25, -0.2) is 0 Å². The number of hydrogen-bond acceptors (Lipinski definition) is 2. The van der Waals surface area contributed by atoms with Crippen LogP contribution in [0.15, 0.2) is 30.3 Å². The van der Waals surface area contributed by atoms with E-state index in [1.807, 2.05) is 30.3 Å². The highest BCUT2D eigenvalue weighted by Gasteiger charge is 2.49. The minimum atomic E-state index is -0.325. The first-order valence-electron chi connectivity index (χ1n) is 8.87. The number of likely N-dealkylation sites (tertiary alicyclic amines) is 1. The highest BCUT2D eigenvalue weighted by atomic mass is 35.5. The van der Waals surface area contributed by atoms with Gasteiger partial charge in [0.25, 0.3) is 0 Å². The first-order valence-corrected chi connectivity index (χ1v) is 9.74. The molecule has 1 aliphatic heterocycles. The maximum absolute atomic E-state index is 12.6. The molecule has 1 amide bonds. The van der Waals surface area contributed by atoms with Crippen LogP contribution >= 0.6 is 35.6 Å². The van der Waals surface area contributed by atoms with E-state index in [0.717, 1.165) is 31.5 Å². The van der Waals surface area contributed by atoms with E-state index in [2.05, 4.69) is 17.1 Å². The van der Waals surface area contributed by atoms with E-state index in [-0.39, 0.29) is 40.6 Å². The van der Waals surface area contributed by atoms with Gasteiger partial charge in [-0.05, 0) is 51.3 Å². The number of nitrogens with one attached hydrogen (secondary N) is 1. The number of nitrogens with zero attached hydrogens (tertiary/aromatic N) is 1. The number of alkyl halides is 2. The van der Waals surface area contributed by atoms with Gasteiger partial charge in [-0.2, -0.15) is 0 Å². The molecule has 1 aromatic carbocycles. The third-order valence-corrected chi connectivity index (χ3v) is 6.57. The van der Waals surface area contributed by atoms with E-state index in [0.29, 0.717) is 6.42 Å². The van der Waals surface area contributed by atoms with Crippen molar-refractivity contribution in [1.29, 1.82) is 0 Å². The topological polar surface area (TPSA) is 32.3 Å². The molecule has 1 saturated carbocycles. The molecule has 25 heavy (non-hydrogen) atoms. The summed E-state index contributed by atoms with van der Waals surface area (Å²) in [5.41, 5.74) is 0.707. The monoisotopic (exact) mass is 404 g/mol.